The molecule has 1 nitrogen and oxygen atoms in total. The van der Waals surface area contributed by atoms with Gasteiger partial charge >= 0.3 is 0 Å². The summed E-state index contributed by atoms with van der Waals surface area (Å²) in [6.07, 6.45) is 3.33. The number of benzene rings is 1. The van der Waals surface area contributed by atoms with Crippen LogP contribution in [0.15, 0.2) is 12.1 Å². The molecule has 0 amide bonds. The molecule has 1 atom stereocenters. The van der Waals surface area contributed by atoms with Gasteiger partial charge in [-0.2, -0.15) is 0 Å². The minimum absolute atomic E-state index is 0. The van der Waals surface area contributed by atoms with E-state index in [1.54, 1.807) is 0 Å². The van der Waals surface area contributed by atoms with Crippen molar-refractivity contribution < 1.29 is 0 Å². The lowest BCUT2D eigenvalue weighted by atomic mass is 9.89. The molecule has 1 rings (SSSR count). The summed E-state index contributed by atoms with van der Waals surface area (Å²) in [4.78, 5) is 0. The molecule has 0 saturated carbocycles. The number of nitrogens with two attached hydrogens (primary N) is 1. The van der Waals surface area contributed by atoms with Crippen molar-refractivity contribution in [1.29, 1.82) is 0 Å². The fourth-order valence-corrected chi connectivity index (χ4v) is 2.38. The molecule has 2 heteroatoms. The predicted molar refractivity (Wildman–Crippen MR) is 74.4 cm³/mol. The third-order valence-corrected chi connectivity index (χ3v) is 3.14. The van der Waals surface area contributed by atoms with Crippen LogP contribution in [-0.4, -0.2) is 0 Å². The Hall–Kier alpha value is -0.530. The lowest BCUT2D eigenvalue weighted by Gasteiger charge is -2.18. The SMILES string of the molecule is CCc1ccc(C(C)N)c(CC)c1CC.Cl. The Morgan fingerprint density at radius 2 is 1.56 bits per heavy atom. The van der Waals surface area contributed by atoms with Crippen LogP contribution in [0.5, 0.6) is 0 Å². The molecule has 0 aromatic heterocycles. The fraction of sp³-hybridized carbons (Fsp3) is 0.571. The van der Waals surface area contributed by atoms with Gasteiger partial charge in [0.05, 0.1) is 0 Å². The summed E-state index contributed by atoms with van der Waals surface area (Å²) in [6.45, 7) is 8.75. The Kier molecular flexibility index (Phi) is 6.70. The van der Waals surface area contributed by atoms with Gasteiger partial charge in [-0.15, -0.1) is 12.4 Å². The predicted octanol–water partition coefficient (Wildman–Crippen LogP) is 3.82. The van der Waals surface area contributed by atoms with Crippen LogP contribution in [-0.2, 0) is 19.3 Å². The standard InChI is InChI=1S/C14H23N.ClH/c1-5-11-8-9-14(10(4)15)13(7-3)12(11)6-2;/h8-10H,5-7,15H2,1-4H3;1H. The van der Waals surface area contributed by atoms with Gasteiger partial charge in [0, 0.05) is 6.04 Å². The van der Waals surface area contributed by atoms with E-state index in [0.717, 1.165) is 19.3 Å². The van der Waals surface area contributed by atoms with E-state index in [1.807, 2.05) is 0 Å². The van der Waals surface area contributed by atoms with E-state index in [-0.39, 0.29) is 18.4 Å². The lowest BCUT2D eigenvalue weighted by Crippen LogP contribution is -2.11. The number of hydrogen-bond acceptors (Lipinski definition) is 1. The van der Waals surface area contributed by atoms with E-state index >= 15 is 0 Å². The smallest absolute Gasteiger partial charge is 0.0268 e. The Balaban J connectivity index is 0.00000225. The number of aryl methyl sites for hydroxylation is 1. The molecule has 92 valence electrons. The van der Waals surface area contributed by atoms with Gasteiger partial charge in [0.1, 0.15) is 0 Å². The maximum atomic E-state index is 6.01. The minimum Gasteiger partial charge on any atom is -0.324 e. The Bertz CT molecular complexity index is 332. The van der Waals surface area contributed by atoms with Crippen LogP contribution in [0.25, 0.3) is 0 Å². The van der Waals surface area contributed by atoms with Crippen LogP contribution < -0.4 is 5.73 Å². The molecule has 0 fully saturated rings. The molecule has 1 aromatic carbocycles. The highest BCUT2D eigenvalue weighted by Gasteiger charge is 2.11. The van der Waals surface area contributed by atoms with E-state index in [9.17, 15) is 0 Å². The number of halogens is 1. The average molecular weight is 242 g/mol. The van der Waals surface area contributed by atoms with Crippen molar-refractivity contribution >= 4 is 12.4 Å². The van der Waals surface area contributed by atoms with Crippen LogP contribution in [0.4, 0.5) is 0 Å². The second kappa shape index (κ2) is 6.93. The van der Waals surface area contributed by atoms with E-state index in [1.165, 1.54) is 22.3 Å². The van der Waals surface area contributed by atoms with Crippen LogP contribution >= 0.6 is 12.4 Å². The molecule has 0 heterocycles. The molecular formula is C14H24ClN. The topological polar surface area (TPSA) is 26.0 Å². The third kappa shape index (κ3) is 2.99. The zero-order chi connectivity index (χ0) is 11.4. The van der Waals surface area contributed by atoms with Gasteiger partial charge in [-0.25, -0.2) is 0 Å². The summed E-state index contributed by atoms with van der Waals surface area (Å²) < 4.78 is 0. The van der Waals surface area contributed by atoms with Crippen molar-refractivity contribution in [3.05, 3.63) is 34.4 Å². The fourth-order valence-electron chi connectivity index (χ4n) is 2.38. The molecule has 1 aromatic rings. The highest BCUT2D eigenvalue weighted by Crippen LogP contribution is 2.25. The Labute approximate surface area is 106 Å². The molecule has 0 spiro atoms. The second-order valence-electron chi connectivity index (χ2n) is 4.12. The summed E-state index contributed by atoms with van der Waals surface area (Å²) in [5.41, 5.74) is 11.8. The van der Waals surface area contributed by atoms with Crippen LogP contribution in [0.3, 0.4) is 0 Å². The van der Waals surface area contributed by atoms with E-state index in [2.05, 4.69) is 39.8 Å². The monoisotopic (exact) mass is 241 g/mol. The molecule has 0 aliphatic rings. The molecule has 0 saturated heterocycles. The first-order valence-corrected chi connectivity index (χ1v) is 6.04. The number of rotatable bonds is 4. The van der Waals surface area contributed by atoms with Crippen molar-refractivity contribution in [1.82, 2.24) is 0 Å². The molecule has 2 N–H and O–H groups in total. The van der Waals surface area contributed by atoms with Crippen molar-refractivity contribution in [3.8, 4) is 0 Å². The summed E-state index contributed by atoms with van der Waals surface area (Å²) in [7, 11) is 0. The highest BCUT2D eigenvalue weighted by molar-refractivity contribution is 5.85. The van der Waals surface area contributed by atoms with Gasteiger partial charge in [0.25, 0.3) is 0 Å². The van der Waals surface area contributed by atoms with Crippen LogP contribution in [0, 0.1) is 0 Å². The Morgan fingerprint density at radius 3 is 1.94 bits per heavy atom. The summed E-state index contributed by atoms with van der Waals surface area (Å²) >= 11 is 0. The molecule has 0 aliphatic heterocycles. The molecule has 0 radical (unpaired) electrons. The zero-order valence-electron chi connectivity index (χ0n) is 10.8. The Morgan fingerprint density at radius 1 is 1.00 bits per heavy atom. The minimum atomic E-state index is 0. The van der Waals surface area contributed by atoms with Crippen molar-refractivity contribution in [3.63, 3.8) is 0 Å². The molecule has 0 aliphatic carbocycles. The molecule has 16 heavy (non-hydrogen) atoms. The van der Waals surface area contributed by atoms with Gasteiger partial charge in [-0.05, 0) is 48.4 Å². The van der Waals surface area contributed by atoms with E-state index in [4.69, 9.17) is 5.73 Å². The number of hydrogen-bond donors (Lipinski definition) is 1. The second-order valence-corrected chi connectivity index (χ2v) is 4.12. The normalized spacial score (nSPS) is 12.1. The summed E-state index contributed by atoms with van der Waals surface area (Å²) in [5.74, 6) is 0. The zero-order valence-corrected chi connectivity index (χ0v) is 11.7. The largest absolute Gasteiger partial charge is 0.324 e. The van der Waals surface area contributed by atoms with Gasteiger partial charge in [-0.1, -0.05) is 32.9 Å². The first-order valence-electron chi connectivity index (χ1n) is 6.04. The maximum Gasteiger partial charge on any atom is 0.0268 e. The van der Waals surface area contributed by atoms with Gasteiger partial charge in [-0.3, -0.25) is 0 Å². The summed E-state index contributed by atoms with van der Waals surface area (Å²) in [6, 6.07) is 4.61. The van der Waals surface area contributed by atoms with Crippen molar-refractivity contribution in [2.45, 2.75) is 53.0 Å². The molecule has 0 bridgehead atoms. The quantitative estimate of drug-likeness (QED) is 0.852. The van der Waals surface area contributed by atoms with Gasteiger partial charge < -0.3 is 5.73 Å². The summed E-state index contributed by atoms with van der Waals surface area (Å²) in [5, 5.41) is 0. The third-order valence-electron chi connectivity index (χ3n) is 3.14. The first-order chi connectivity index (χ1) is 7.15. The van der Waals surface area contributed by atoms with Gasteiger partial charge in [0.15, 0.2) is 0 Å². The van der Waals surface area contributed by atoms with Crippen LogP contribution in [0.2, 0.25) is 0 Å². The average Bonchev–Trinajstić information content (AvgIpc) is 2.26. The van der Waals surface area contributed by atoms with Crippen LogP contribution in [0.1, 0.15) is 56.0 Å². The van der Waals surface area contributed by atoms with E-state index in [0.29, 0.717) is 0 Å². The van der Waals surface area contributed by atoms with Crippen molar-refractivity contribution in [2.24, 2.45) is 5.73 Å². The van der Waals surface area contributed by atoms with E-state index < -0.39 is 0 Å². The first kappa shape index (κ1) is 15.5. The highest BCUT2D eigenvalue weighted by atomic mass is 35.5. The molecular weight excluding hydrogens is 218 g/mol. The van der Waals surface area contributed by atoms with Crippen molar-refractivity contribution in [2.75, 3.05) is 0 Å². The lowest BCUT2D eigenvalue weighted by molar-refractivity contribution is 0.791. The van der Waals surface area contributed by atoms with Gasteiger partial charge in [0.2, 0.25) is 0 Å². The molecule has 1 unspecified atom stereocenters. The maximum absolute atomic E-state index is 6.01.